The molecule has 0 amide bonds. The molecule has 0 saturated heterocycles. The molecule has 1 unspecified atom stereocenters. The minimum absolute atomic E-state index is 0.0471. The number of rotatable bonds is 1. The second-order valence-electron chi connectivity index (χ2n) is 3.19. The summed E-state index contributed by atoms with van der Waals surface area (Å²) in [5.74, 6) is 0.611. The number of pyridine rings is 1. The van der Waals surface area contributed by atoms with E-state index < -0.39 is 0 Å². The zero-order valence-electron chi connectivity index (χ0n) is 7.23. The summed E-state index contributed by atoms with van der Waals surface area (Å²) in [6.45, 7) is 0.0471. The molecule has 1 aromatic heterocycles. The first-order chi connectivity index (χ1) is 6.29. The lowest BCUT2D eigenvalue weighted by molar-refractivity contribution is 0.0930. The SMILES string of the molecule is Nc1cnc2c(c1)CCC(CO)O2. The van der Waals surface area contributed by atoms with E-state index in [0.29, 0.717) is 11.6 Å². The van der Waals surface area contributed by atoms with Gasteiger partial charge >= 0.3 is 0 Å². The smallest absolute Gasteiger partial charge is 0.216 e. The molecule has 0 radical (unpaired) electrons. The van der Waals surface area contributed by atoms with Gasteiger partial charge in [-0.25, -0.2) is 4.98 Å². The first-order valence-corrected chi connectivity index (χ1v) is 4.31. The van der Waals surface area contributed by atoms with E-state index in [1.165, 1.54) is 0 Å². The van der Waals surface area contributed by atoms with Gasteiger partial charge in [-0.2, -0.15) is 0 Å². The lowest BCUT2D eigenvalue weighted by Gasteiger charge is -2.23. The average molecular weight is 180 g/mol. The number of aromatic nitrogens is 1. The predicted molar refractivity (Wildman–Crippen MR) is 48.5 cm³/mol. The summed E-state index contributed by atoms with van der Waals surface area (Å²) in [5.41, 5.74) is 7.27. The highest BCUT2D eigenvalue weighted by Gasteiger charge is 2.19. The Morgan fingerprint density at radius 3 is 3.31 bits per heavy atom. The van der Waals surface area contributed by atoms with Crippen molar-refractivity contribution in [3.05, 3.63) is 17.8 Å². The average Bonchev–Trinajstić information content (AvgIpc) is 2.17. The summed E-state index contributed by atoms with van der Waals surface area (Å²) < 4.78 is 5.42. The number of hydrogen-bond acceptors (Lipinski definition) is 4. The van der Waals surface area contributed by atoms with Crippen molar-refractivity contribution in [1.29, 1.82) is 0 Å². The molecule has 2 heterocycles. The van der Waals surface area contributed by atoms with Crippen molar-refractivity contribution in [3.8, 4) is 5.88 Å². The van der Waals surface area contributed by atoms with E-state index in [0.717, 1.165) is 18.4 Å². The molecular weight excluding hydrogens is 168 g/mol. The third-order valence-electron chi connectivity index (χ3n) is 2.16. The van der Waals surface area contributed by atoms with Crippen LogP contribution in [0.3, 0.4) is 0 Å². The highest BCUT2D eigenvalue weighted by molar-refractivity contribution is 5.43. The zero-order chi connectivity index (χ0) is 9.26. The number of ether oxygens (including phenoxy) is 1. The minimum Gasteiger partial charge on any atom is -0.472 e. The van der Waals surface area contributed by atoms with Crippen LogP contribution in [-0.2, 0) is 6.42 Å². The summed E-state index contributed by atoms with van der Waals surface area (Å²) in [7, 11) is 0. The summed E-state index contributed by atoms with van der Waals surface area (Å²) in [6, 6.07) is 1.87. The monoisotopic (exact) mass is 180 g/mol. The zero-order valence-corrected chi connectivity index (χ0v) is 7.23. The molecule has 1 aliphatic heterocycles. The second kappa shape index (κ2) is 3.22. The van der Waals surface area contributed by atoms with Crippen molar-refractivity contribution in [1.82, 2.24) is 4.98 Å². The Balaban J connectivity index is 2.26. The Morgan fingerprint density at radius 2 is 2.54 bits per heavy atom. The van der Waals surface area contributed by atoms with Crippen LogP contribution in [0, 0.1) is 0 Å². The third-order valence-corrected chi connectivity index (χ3v) is 2.16. The van der Waals surface area contributed by atoms with E-state index in [-0.39, 0.29) is 12.7 Å². The Hall–Kier alpha value is -1.29. The molecule has 13 heavy (non-hydrogen) atoms. The van der Waals surface area contributed by atoms with Crippen molar-refractivity contribution >= 4 is 5.69 Å². The first kappa shape index (κ1) is 8.31. The lowest BCUT2D eigenvalue weighted by Crippen LogP contribution is -2.26. The van der Waals surface area contributed by atoms with Gasteiger partial charge in [-0.15, -0.1) is 0 Å². The molecule has 0 bridgehead atoms. The first-order valence-electron chi connectivity index (χ1n) is 4.31. The molecular formula is C9H12N2O2. The Kier molecular flexibility index (Phi) is 2.06. The van der Waals surface area contributed by atoms with Crippen LogP contribution in [0.2, 0.25) is 0 Å². The molecule has 0 aliphatic carbocycles. The van der Waals surface area contributed by atoms with Gasteiger partial charge in [0.05, 0.1) is 18.5 Å². The van der Waals surface area contributed by atoms with Crippen molar-refractivity contribution in [2.45, 2.75) is 18.9 Å². The number of aliphatic hydroxyl groups is 1. The number of nitrogen functional groups attached to an aromatic ring is 1. The van der Waals surface area contributed by atoms with E-state index in [1.54, 1.807) is 6.20 Å². The van der Waals surface area contributed by atoms with Crippen molar-refractivity contribution in [2.24, 2.45) is 0 Å². The molecule has 3 N–H and O–H groups in total. The van der Waals surface area contributed by atoms with Crippen LogP contribution in [-0.4, -0.2) is 22.8 Å². The number of aliphatic hydroxyl groups excluding tert-OH is 1. The van der Waals surface area contributed by atoms with Gasteiger partial charge in [0.15, 0.2) is 0 Å². The van der Waals surface area contributed by atoms with E-state index in [1.807, 2.05) is 6.07 Å². The predicted octanol–water partition coefficient (Wildman–Crippen LogP) is 0.350. The van der Waals surface area contributed by atoms with Crippen LogP contribution < -0.4 is 10.5 Å². The van der Waals surface area contributed by atoms with Gasteiger partial charge in [-0.05, 0) is 18.9 Å². The van der Waals surface area contributed by atoms with Crippen LogP contribution in [0.1, 0.15) is 12.0 Å². The lowest BCUT2D eigenvalue weighted by atomic mass is 10.1. The Morgan fingerprint density at radius 1 is 1.69 bits per heavy atom. The highest BCUT2D eigenvalue weighted by Crippen LogP contribution is 2.26. The van der Waals surface area contributed by atoms with Gasteiger partial charge < -0.3 is 15.6 Å². The molecule has 1 aliphatic rings. The number of fused-ring (bicyclic) bond motifs is 1. The maximum atomic E-state index is 8.89. The summed E-state index contributed by atoms with van der Waals surface area (Å²) in [6.07, 6.45) is 3.16. The number of anilines is 1. The van der Waals surface area contributed by atoms with Crippen LogP contribution in [0.15, 0.2) is 12.3 Å². The van der Waals surface area contributed by atoms with Gasteiger partial charge in [0, 0.05) is 5.56 Å². The molecule has 0 fully saturated rings. The second-order valence-corrected chi connectivity index (χ2v) is 3.19. The molecule has 1 atom stereocenters. The fourth-order valence-electron chi connectivity index (χ4n) is 1.46. The Bertz CT molecular complexity index is 314. The van der Waals surface area contributed by atoms with Gasteiger partial charge in [0.2, 0.25) is 5.88 Å². The summed E-state index contributed by atoms with van der Waals surface area (Å²) in [4.78, 5) is 4.06. The van der Waals surface area contributed by atoms with E-state index in [9.17, 15) is 0 Å². The number of aryl methyl sites for hydroxylation is 1. The van der Waals surface area contributed by atoms with Gasteiger partial charge in [0.1, 0.15) is 6.10 Å². The fraction of sp³-hybridized carbons (Fsp3) is 0.444. The van der Waals surface area contributed by atoms with Crippen LogP contribution >= 0.6 is 0 Å². The molecule has 4 heteroatoms. The molecule has 0 saturated carbocycles. The topological polar surface area (TPSA) is 68.4 Å². The molecule has 0 spiro atoms. The maximum absolute atomic E-state index is 8.89. The van der Waals surface area contributed by atoms with Gasteiger partial charge in [-0.1, -0.05) is 0 Å². The van der Waals surface area contributed by atoms with Crippen LogP contribution in [0.4, 0.5) is 5.69 Å². The Labute approximate surface area is 76.4 Å². The number of nitrogens with two attached hydrogens (primary N) is 1. The summed E-state index contributed by atoms with van der Waals surface area (Å²) in [5, 5.41) is 8.89. The quantitative estimate of drug-likeness (QED) is 0.654. The third kappa shape index (κ3) is 1.58. The maximum Gasteiger partial charge on any atom is 0.216 e. The van der Waals surface area contributed by atoms with Crippen molar-refractivity contribution in [2.75, 3.05) is 12.3 Å². The van der Waals surface area contributed by atoms with E-state index in [2.05, 4.69) is 4.98 Å². The minimum atomic E-state index is -0.108. The summed E-state index contributed by atoms with van der Waals surface area (Å²) >= 11 is 0. The normalized spacial score (nSPS) is 20.5. The number of hydrogen-bond donors (Lipinski definition) is 2. The van der Waals surface area contributed by atoms with Crippen LogP contribution in [0.5, 0.6) is 5.88 Å². The number of nitrogens with zero attached hydrogens (tertiary/aromatic N) is 1. The molecule has 2 rings (SSSR count). The van der Waals surface area contributed by atoms with Crippen molar-refractivity contribution < 1.29 is 9.84 Å². The van der Waals surface area contributed by atoms with E-state index >= 15 is 0 Å². The molecule has 70 valence electrons. The largest absolute Gasteiger partial charge is 0.472 e. The fourth-order valence-corrected chi connectivity index (χ4v) is 1.46. The molecule has 4 nitrogen and oxygen atoms in total. The molecule has 1 aromatic rings. The van der Waals surface area contributed by atoms with Crippen LogP contribution in [0.25, 0.3) is 0 Å². The van der Waals surface area contributed by atoms with Gasteiger partial charge in [0.25, 0.3) is 0 Å². The van der Waals surface area contributed by atoms with Gasteiger partial charge in [-0.3, -0.25) is 0 Å². The molecule has 0 aromatic carbocycles. The highest BCUT2D eigenvalue weighted by atomic mass is 16.5. The van der Waals surface area contributed by atoms with E-state index in [4.69, 9.17) is 15.6 Å². The standard InChI is InChI=1S/C9H12N2O2/c10-7-3-6-1-2-8(5-12)13-9(6)11-4-7/h3-4,8,12H,1-2,5,10H2. The van der Waals surface area contributed by atoms with Crippen molar-refractivity contribution in [3.63, 3.8) is 0 Å².